The second-order valence-electron chi connectivity index (χ2n) is 20.4. The Morgan fingerprint density at radius 2 is 0.884 bits per heavy atom. The molecule has 0 heterocycles. The average Bonchev–Trinajstić information content (AvgIpc) is 3.31. The van der Waals surface area contributed by atoms with Crippen LogP contribution < -0.4 is 10.2 Å². The zero-order valence-electron chi connectivity index (χ0n) is 45.8. The molecule has 0 saturated carbocycles. The van der Waals surface area contributed by atoms with E-state index in [9.17, 15) is 19.0 Å². The zero-order valence-corrected chi connectivity index (χ0v) is 46.7. The predicted octanol–water partition coefficient (Wildman–Crippen LogP) is 16.5. The van der Waals surface area contributed by atoms with Crippen molar-refractivity contribution in [2.75, 3.05) is 40.9 Å². The van der Waals surface area contributed by atoms with Crippen LogP contribution in [0.1, 0.15) is 252 Å². The number of hydrogen-bond acceptors (Lipinski definition) is 7. The van der Waals surface area contributed by atoms with Crippen LogP contribution >= 0.6 is 7.82 Å². The quantitative estimate of drug-likeness (QED) is 0.0212. The third-order valence-electron chi connectivity index (χ3n) is 12.4. The number of amides is 1. The summed E-state index contributed by atoms with van der Waals surface area (Å²) in [5.74, 6) is -0.575. The molecule has 69 heavy (non-hydrogen) atoms. The van der Waals surface area contributed by atoms with Gasteiger partial charge in [-0.25, -0.2) is 0 Å². The Bertz CT molecular complexity index is 1370. The van der Waals surface area contributed by atoms with Crippen LogP contribution in [0.3, 0.4) is 0 Å². The van der Waals surface area contributed by atoms with Gasteiger partial charge in [0, 0.05) is 12.8 Å². The lowest BCUT2D eigenvalue weighted by atomic mass is 10.1. The molecule has 0 spiro atoms. The van der Waals surface area contributed by atoms with E-state index in [4.69, 9.17) is 13.8 Å². The number of unbranched alkanes of at least 4 members (excludes halogenated alkanes) is 27. The van der Waals surface area contributed by atoms with E-state index in [1.807, 2.05) is 33.3 Å². The van der Waals surface area contributed by atoms with Crippen molar-refractivity contribution >= 4 is 19.7 Å². The first kappa shape index (κ1) is 66.7. The summed E-state index contributed by atoms with van der Waals surface area (Å²) in [6.45, 7) is 6.77. The van der Waals surface area contributed by atoms with Crippen LogP contribution in [0.4, 0.5) is 0 Å². The Kier molecular flexibility index (Phi) is 47.7. The lowest BCUT2D eigenvalue weighted by Gasteiger charge is -2.30. The van der Waals surface area contributed by atoms with Crippen molar-refractivity contribution in [3.63, 3.8) is 0 Å². The van der Waals surface area contributed by atoms with E-state index in [2.05, 4.69) is 74.7 Å². The maximum Gasteiger partial charge on any atom is 0.306 e. The minimum absolute atomic E-state index is 0.0286. The van der Waals surface area contributed by atoms with Crippen molar-refractivity contribution in [2.24, 2.45) is 0 Å². The summed E-state index contributed by atoms with van der Waals surface area (Å²) in [4.78, 5) is 39.8. The van der Waals surface area contributed by atoms with Crippen LogP contribution in [0.2, 0.25) is 0 Å². The smallest absolute Gasteiger partial charge is 0.306 e. The number of nitrogens with one attached hydrogen (secondary N) is 1. The van der Waals surface area contributed by atoms with Crippen LogP contribution in [-0.2, 0) is 27.9 Å². The van der Waals surface area contributed by atoms with Crippen molar-refractivity contribution in [1.29, 1.82) is 0 Å². The fourth-order valence-electron chi connectivity index (χ4n) is 7.93. The SMILES string of the molecule is CCCCC/C=C\C/C=C\C/C=C\CCCCCCCCC(=O)NC(COP(=O)([O-])OCC[N+](C)(C)C)C(/C=C\CCCCCCCCCCC)OC(=O)CCCCC/C=C\CCCCCCCC. The molecule has 0 aromatic rings. The number of likely N-dealkylation sites (N-methyl/N-ethyl adjacent to an activating group) is 1. The van der Waals surface area contributed by atoms with Gasteiger partial charge in [-0.2, -0.15) is 0 Å². The van der Waals surface area contributed by atoms with Crippen molar-refractivity contribution in [3.05, 3.63) is 60.8 Å². The molecule has 0 aliphatic rings. The number of phosphoric ester groups is 1. The lowest BCUT2D eigenvalue weighted by molar-refractivity contribution is -0.870. The maximum atomic E-state index is 13.5. The Morgan fingerprint density at radius 3 is 1.38 bits per heavy atom. The fourth-order valence-corrected chi connectivity index (χ4v) is 8.66. The standard InChI is InChI=1S/C59H109N2O7P/c1-7-10-13-16-19-22-25-27-28-29-30-31-32-34-36-39-42-45-48-51-58(62)60-56(55-67-69(64,65)66-54-53-61(4,5)6)57(50-47-44-41-38-35-24-21-18-15-12-9-3)68-59(63)52-49-46-43-40-37-33-26-23-20-17-14-11-8-2/h19,22,27-28,30-31,33,37,47,50,56-57H,7-18,20-21,23-26,29,32,34-36,38-46,48-49,51-55H2,1-6H3,(H-,60,62,64,65)/b22-19-,28-27-,31-30-,37-33-,50-47-. The molecule has 402 valence electrons. The Labute approximate surface area is 426 Å². The highest BCUT2D eigenvalue weighted by Gasteiger charge is 2.27. The monoisotopic (exact) mass is 989 g/mol. The Morgan fingerprint density at radius 1 is 0.507 bits per heavy atom. The van der Waals surface area contributed by atoms with E-state index in [-0.39, 0.29) is 24.9 Å². The molecule has 1 N–H and O–H groups in total. The minimum atomic E-state index is -4.70. The highest BCUT2D eigenvalue weighted by Crippen LogP contribution is 2.38. The fraction of sp³-hybridized carbons (Fsp3) is 0.797. The van der Waals surface area contributed by atoms with Gasteiger partial charge in [-0.3, -0.25) is 14.2 Å². The molecule has 0 aromatic carbocycles. The molecule has 0 rings (SSSR count). The van der Waals surface area contributed by atoms with Crippen molar-refractivity contribution in [3.8, 4) is 0 Å². The van der Waals surface area contributed by atoms with E-state index < -0.39 is 26.6 Å². The summed E-state index contributed by atoms with van der Waals surface area (Å²) in [6, 6.07) is -0.900. The number of phosphoric acid groups is 1. The molecule has 0 bridgehead atoms. The number of carbonyl (C=O) groups is 2. The van der Waals surface area contributed by atoms with Crippen LogP contribution in [0, 0.1) is 0 Å². The van der Waals surface area contributed by atoms with Gasteiger partial charge >= 0.3 is 5.97 Å². The minimum Gasteiger partial charge on any atom is -0.756 e. The van der Waals surface area contributed by atoms with Gasteiger partial charge in [0.05, 0.1) is 33.8 Å². The largest absolute Gasteiger partial charge is 0.756 e. The van der Waals surface area contributed by atoms with Crippen molar-refractivity contribution in [1.82, 2.24) is 5.32 Å². The van der Waals surface area contributed by atoms with Gasteiger partial charge in [0.15, 0.2) is 0 Å². The zero-order chi connectivity index (χ0) is 50.8. The van der Waals surface area contributed by atoms with Gasteiger partial charge in [0.25, 0.3) is 7.82 Å². The van der Waals surface area contributed by atoms with Gasteiger partial charge in [0.1, 0.15) is 19.3 Å². The van der Waals surface area contributed by atoms with Gasteiger partial charge in [-0.05, 0) is 96.0 Å². The molecule has 10 heteroatoms. The summed E-state index contributed by atoms with van der Waals surface area (Å²) in [6.07, 6.45) is 60.4. The molecule has 1 amide bonds. The molecule has 3 atom stereocenters. The molecule has 0 fully saturated rings. The van der Waals surface area contributed by atoms with Crippen molar-refractivity contribution < 1.29 is 37.3 Å². The molecule has 3 unspecified atom stereocenters. The first-order valence-corrected chi connectivity index (χ1v) is 30.1. The van der Waals surface area contributed by atoms with Crippen LogP contribution in [0.25, 0.3) is 0 Å². The second kappa shape index (κ2) is 49.3. The molecule has 0 aliphatic carbocycles. The number of hydrogen-bond donors (Lipinski definition) is 1. The molecule has 0 aliphatic heterocycles. The highest BCUT2D eigenvalue weighted by atomic mass is 31.2. The van der Waals surface area contributed by atoms with Gasteiger partial charge in [-0.1, -0.05) is 204 Å². The topological polar surface area (TPSA) is 114 Å². The molecule has 9 nitrogen and oxygen atoms in total. The normalized spacial score (nSPS) is 14.2. The van der Waals surface area contributed by atoms with Gasteiger partial charge in [0.2, 0.25) is 5.91 Å². The molecule has 0 radical (unpaired) electrons. The molecule has 0 saturated heterocycles. The second-order valence-corrected chi connectivity index (χ2v) is 21.8. The van der Waals surface area contributed by atoms with E-state index in [0.29, 0.717) is 23.9 Å². The third kappa shape index (κ3) is 50.4. The number of allylic oxidation sites excluding steroid dienone is 9. The summed E-state index contributed by atoms with van der Waals surface area (Å²) < 4.78 is 30.2. The van der Waals surface area contributed by atoms with Gasteiger partial charge < -0.3 is 28.5 Å². The number of ether oxygens (including phenoxy) is 1. The average molecular weight is 990 g/mol. The summed E-state index contributed by atoms with van der Waals surface area (Å²) in [5.41, 5.74) is 0. The third-order valence-corrected chi connectivity index (χ3v) is 13.4. The maximum absolute atomic E-state index is 13.5. The van der Waals surface area contributed by atoms with Crippen molar-refractivity contribution in [2.45, 2.75) is 264 Å². The van der Waals surface area contributed by atoms with Crippen LogP contribution in [-0.4, -0.2) is 69.4 Å². The van der Waals surface area contributed by atoms with Crippen LogP contribution in [0.15, 0.2) is 60.8 Å². The van der Waals surface area contributed by atoms with E-state index in [1.165, 1.54) is 109 Å². The number of rotatable bonds is 51. The van der Waals surface area contributed by atoms with Crippen LogP contribution in [0.5, 0.6) is 0 Å². The molecular weight excluding hydrogens is 880 g/mol. The molecular formula is C59H109N2O7P. The van der Waals surface area contributed by atoms with E-state index >= 15 is 0 Å². The Balaban J connectivity index is 5.34. The number of carbonyl (C=O) groups excluding carboxylic acids is 2. The first-order valence-electron chi connectivity index (χ1n) is 28.6. The van der Waals surface area contributed by atoms with E-state index in [0.717, 1.165) is 103 Å². The number of esters is 1. The number of quaternary nitrogens is 1. The Hall–Kier alpha value is -2.29. The first-order chi connectivity index (χ1) is 33.4. The van der Waals surface area contributed by atoms with Gasteiger partial charge in [-0.15, -0.1) is 0 Å². The van der Waals surface area contributed by atoms with E-state index in [1.54, 1.807) is 0 Å². The number of nitrogens with zero attached hydrogens (tertiary/aromatic N) is 1. The predicted molar refractivity (Wildman–Crippen MR) is 293 cm³/mol. The summed E-state index contributed by atoms with van der Waals surface area (Å²) in [7, 11) is 1.16. The lowest BCUT2D eigenvalue weighted by Crippen LogP contribution is -2.47. The summed E-state index contributed by atoms with van der Waals surface area (Å²) in [5, 5.41) is 3.01. The highest BCUT2D eigenvalue weighted by molar-refractivity contribution is 7.45. The molecule has 0 aromatic heterocycles. The summed E-state index contributed by atoms with van der Waals surface area (Å²) >= 11 is 0.